The Morgan fingerprint density at radius 3 is 1.06 bits per heavy atom. The Balaban J connectivity index is 6.04. The van der Waals surface area contributed by atoms with Crippen LogP contribution in [0.2, 0.25) is 15.1 Å². The summed E-state index contributed by atoms with van der Waals surface area (Å²) >= 11 is -0.381. The monoisotopic (exact) mass is 299 g/mol. The van der Waals surface area contributed by atoms with E-state index in [0.717, 1.165) is 0 Å². The number of halogens is 1. The Morgan fingerprint density at radius 1 is 0.750 bits per heavy atom. The molecule has 0 aromatic carbocycles. The van der Waals surface area contributed by atoms with Crippen LogP contribution in [-0.4, -0.2) is 8.24 Å². The van der Waals surface area contributed by atoms with Crippen LogP contribution in [0.15, 0.2) is 3.46 Å². The molecule has 0 aromatic rings. The van der Waals surface area contributed by atoms with Gasteiger partial charge in [0.2, 0.25) is 0 Å². The summed E-state index contributed by atoms with van der Waals surface area (Å²) in [7, 11) is 4.20. The van der Waals surface area contributed by atoms with Crippen LogP contribution in [0.3, 0.4) is 0 Å². The minimum atomic E-state index is -1.87. The molecule has 0 aliphatic rings. The molecule has 0 spiro atoms. The Hall–Kier alpha value is 0.891. The van der Waals surface area contributed by atoms with Gasteiger partial charge in [-0.05, 0) is 0 Å². The topological polar surface area (TPSA) is 12.4 Å². The number of rotatable bonds is 1. The van der Waals surface area contributed by atoms with Gasteiger partial charge in [0.25, 0.3) is 0 Å². The van der Waals surface area contributed by atoms with Gasteiger partial charge < -0.3 is 0 Å². The van der Waals surface area contributed by atoms with Crippen molar-refractivity contribution < 1.29 is 15.1 Å². The molecule has 0 rings (SSSR count). The molecular weight excluding hydrogens is 273 g/mol. The van der Waals surface area contributed by atoms with E-state index in [1.54, 1.807) is 0 Å². The fourth-order valence-corrected chi connectivity index (χ4v) is 17.8. The van der Waals surface area contributed by atoms with Crippen molar-refractivity contribution in [2.45, 2.75) is 77.4 Å². The normalized spacial score (nSPS) is 15.9. The standard InChI is InChI=1S/C12H27NSi.ClH.V/c1-10(2,3)14(13,11(4,5)6)12(7,8)9;;/h1-9H3;1H;/q;;+1/p-1. The van der Waals surface area contributed by atoms with E-state index in [-0.39, 0.29) is 30.3 Å². The van der Waals surface area contributed by atoms with Gasteiger partial charge >= 0.3 is 114 Å². The number of nitrogens with zero attached hydrogens (tertiary/aromatic N) is 1. The van der Waals surface area contributed by atoms with E-state index >= 15 is 0 Å². The van der Waals surface area contributed by atoms with Gasteiger partial charge in [-0.25, -0.2) is 0 Å². The molecule has 0 aromatic heterocycles. The Morgan fingerprint density at radius 2 is 1.00 bits per heavy atom. The molecule has 1 nitrogen and oxygen atoms in total. The van der Waals surface area contributed by atoms with Crippen LogP contribution in [0.1, 0.15) is 62.3 Å². The van der Waals surface area contributed by atoms with Gasteiger partial charge in [-0.15, -0.1) is 0 Å². The molecule has 4 heteroatoms. The van der Waals surface area contributed by atoms with Crippen molar-refractivity contribution in [3.05, 3.63) is 0 Å². The molecule has 0 aliphatic carbocycles. The zero-order valence-electron chi connectivity index (χ0n) is 12.3. The van der Waals surface area contributed by atoms with Gasteiger partial charge in [0, 0.05) is 0 Å². The fourth-order valence-electron chi connectivity index (χ4n) is 3.88. The average Bonchev–Trinajstić information content (AvgIpc) is 1.91. The van der Waals surface area contributed by atoms with Crippen LogP contribution in [0.25, 0.3) is 0 Å². The maximum atomic E-state index is 6.07. The van der Waals surface area contributed by atoms with Crippen LogP contribution in [-0.2, 0) is 15.1 Å². The second-order valence-electron chi connectivity index (χ2n) is 7.64. The van der Waals surface area contributed by atoms with Crippen molar-refractivity contribution in [2.75, 3.05) is 0 Å². The van der Waals surface area contributed by atoms with E-state index in [4.69, 9.17) is 13.3 Å². The van der Waals surface area contributed by atoms with Crippen LogP contribution >= 0.6 is 9.85 Å². The molecular formula is C12H27ClNSiV. The third-order valence-corrected chi connectivity index (χ3v) is 13.0. The Bertz CT molecular complexity index is 232. The molecule has 0 atom stereocenters. The zero-order chi connectivity index (χ0) is 13.4. The van der Waals surface area contributed by atoms with Crippen molar-refractivity contribution in [1.82, 2.24) is 0 Å². The molecule has 0 saturated carbocycles. The molecule has 0 N–H and O–H groups in total. The van der Waals surface area contributed by atoms with E-state index in [1.807, 2.05) is 0 Å². The number of hydrogen-bond donors (Lipinski definition) is 0. The molecule has 16 heavy (non-hydrogen) atoms. The average molecular weight is 300 g/mol. The summed E-state index contributed by atoms with van der Waals surface area (Å²) in [5, 5.41) is 0.732. The van der Waals surface area contributed by atoms with Crippen LogP contribution in [0.4, 0.5) is 0 Å². The summed E-state index contributed by atoms with van der Waals surface area (Å²) in [4.78, 5) is 0. The fraction of sp³-hybridized carbons (Fsp3) is 1.00. The predicted molar refractivity (Wildman–Crippen MR) is 73.2 cm³/mol. The van der Waals surface area contributed by atoms with Crippen LogP contribution in [0.5, 0.6) is 0 Å². The molecule has 96 valence electrons. The van der Waals surface area contributed by atoms with Gasteiger partial charge in [0.15, 0.2) is 0 Å². The SMILES string of the molecule is CC(C)(C)[Si]([N]=[V][Cl])(C(C)(C)C)C(C)(C)C. The zero-order valence-corrected chi connectivity index (χ0v) is 15.4. The first kappa shape index (κ1) is 16.9. The quantitative estimate of drug-likeness (QED) is 0.546. The molecule has 0 aliphatic heterocycles. The molecule has 0 fully saturated rings. The van der Waals surface area contributed by atoms with E-state index in [0.29, 0.717) is 0 Å². The molecule has 0 bridgehead atoms. The summed E-state index contributed by atoms with van der Waals surface area (Å²) < 4.78 is 5.07. The van der Waals surface area contributed by atoms with Crippen LogP contribution in [0, 0.1) is 0 Å². The summed E-state index contributed by atoms with van der Waals surface area (Å²) in [5.41, 5.74) is 0. The van der Waals surface area contributed by atoms with Gasteiger partial charge in [-0.1, -0.05) is 0 Å². The van der Waals surface area contributed by atoms with Crippen LogP contribution < -0.4 is 0 Å². The van der Waals surface area contributed by atoms with Crippen molar-refractivity contribution >= 4 is 18.1 Å². The molecule has 0 saturated heterocycles. The third-order valence-electron chi connectivity index (χ3n) is 3.44. The number of hydrogen-bond acceptors (Lipinski definition) is 1. The summed E-state index contributed by atoms with van der Waals surface area (Å²) in [6.07, 6.45) is 0. The second kappa shape index (κ2) is 4.87. The Labute approximate surface area is 114 Å². The second-order valence-corrected chi connectivity index (χ2v) is 15.6. The van der Waals surface area contributed by atoms with Crippen molar-refractivity contribution in [2.24, 2.45) is 3.46 Å². The minimum absolute atomic E-state index is 0.244. The molecule has 0 amide bonds. The van der Waals surface area contributed by atoms with Gasteiger partial charge in [0.1, 0.15) is 0 Å². The molecule has 0 radical (unpaired) electrons. The predicted octanol–water partition coefficient (Wildman–Crippen LogP) is 5.75. The van der Waals surface area contributed by atoms with E-state index in [9.17, 15) is 0 Å². The van der Waals surface area contributed by atoms with Gasteiger partial charge in [-0.3, -0.25) is 0 Å². The van der Waals surface area contributed by atoms with Gasteiger partial charge in [-0.2, -0.15) is 0 Å². The van der Waals surface area contributed by atoms with Crippen molar-refractivity contribution in [1.29, 1.82) is 0 Å². The maximum absolute atomic E-state index is 6.07. The summed E-state index contributed by atoms with van der Waals surface area (Å²) in [6.45, 7) is 21.1. The van der Waals surface area contributed by atoms with E-state index < -0.39 is 8.24 Å². The third kappa shape index (κ3) is 2.83. The first-order valence-electron chi connectivity index (χ1n) is 5.84. The summed E-state index contributed by atoms with van der Waals surface area (Å²) in [6, 6.07) is 0. The Kier molecular flexibility index (Phi) is 5.14. The molecule has 0 heterocycles. The first-order valence-corrected chi connectivity index (χ1v) is 10.3. The van der Waals surface area contributed by atoms with E-state index in [2.05, 4.69) is 62.3 Å². The van der Waals surface area contributed by atoms with Crippen molar-refractivity contribution in [3.8, 4) is 0 Å². The first-order chi connectivity index (χ1) is 6.81. The van der Waals surface area contributed by atoms with E-state index in [1.165, 1.54) is 0 Å². The summed E-state index contributed by atoms with van der Waals surface area (Å²) in [5.74, 6) is 0. The molecule has 0 unspecified atom stereocenters. The van der Waals surface area contributed by atoms with Crippen molar-refractivity contribution in [3.63, 3.8) is 0 Å². The van der Waals surface area contributed by atoms with Gasteiger partial charge in [0.05, 0.1) is 0 Å².